The van der Waals surface area contributed by atoms with Crippen LogP contribution < -0.4 is 15.4 Å². The summed E-state index contributed by atoms with van der Waals surface area (Å²) < 4.78 is 19.4. The number of carbonyl (C=O) groups excluding carboxylic acids is 1. The average Bonchev–Trinajstić information content (AvgIpc) is 2.69. The van der Waals surface area contributed by atoms with Gasteiger partial charge in [-0.05, 0) is 37.3 Å². The summed E-state index contributed by atoms with van der Waals surface area (Å²) in [6, 6.07) is 16.6. The van der Waals surface area contributed by atoms with Gasteiger partial charge >= 0.3 is 0 Å². The molecule has 27 heavy (non-hydrogen) atoms. The van der Waals surface area contributed by atoms with Crippen molar-refractivity contribution in [3.8, 4) is 5.75 Å². The Hall–Kier alpha value is -3.41. The van der Waals surface area contributed by atoms with Crippen LogP contribution in [0.3, 0.4) is 0 Å². The Kier molecular flexibility index (Phi) is 5.99. The molecule has 0 aliphatic heterocycles. The molecule has 3 aromatic rings. The SMILES string of the molecule is C[C@H](Nc1cccc(OCc2cccnc2)c1)C(=O)Nc1ccccc1F. The van der Waals surface area contributed by atoms with E-state index < -0.39 is 11.9 Å². The number of para-hydroxylation sites is 1. The monoisotopic (exact) mass is 365 g/mol. The number of amides is 1. The van der Waals surface area contributed by atoms with E-state index in [0.717, 1.165) is 11.3 Å². The van der Waals surface area contributed by atoms with Crippen molar-refractivity contribution < 1.29 is 13.9 Å². The zero-order chi connectivity index (χ0) is 19.1. The highest BCUT2D eigenvalue weighted by atomic mass is 19.1. The van der Waals surface area contributed by atoms with E-state index in [9.17, 15) is 9.18 Å². The molecule has 0 radical (unpaired) electrons. The van der Waals surface area contributed by atoms with E-state index in [1.807, 2.05) is 36.4 Å². The number of benzene rings is 2. The molecule has 0 spiro atoms. The fraction of sp³-hybridized carbons (Fsp3) is 0.143. The van der Waals surface area contributed by atoms with Gasteiger partial charge in [0, 0.05) is 29.7 Å². The lowest BCUT2D eigenvalue weighted by Crippen LogP contribution is -2.32. The number of hydrogen-bond acceptors (Lipinski definition) is 4. The Bertz CT molecular complexity index is 903. The second kappa shape index (κ2) is 8.80. The highest BCUT2D eigenvalue weighted by Gasteiger charge is 2.14. The molecule has 138 valence electrons. The zero-order valence-electron chi connectivity index (χ0n) is 14.9. The van der Waals surface area contributed by atoms with Gasteiger partial charge in [-0.25, -0.2) is 4.39 Å². The number of rotatable bonds is 7. The fourth-order valence-electron chi connectivity index (χ4n) is 2.44. The molecule has 0 aliphatic carbocycles. The van der Waals surface area contributed by atoms with Gasteiger partial charge in [0.15, 0.2) is 0 Å². The average molecular weight is 365 g/mol. The maximum absolute atomic E-state index is 13.7. The third-order valence-corrected chi connectivity index (χ3v) is 3.87. The Morgan fingerprint density at radius 2 is 2.00 bits per heavy atom. The van der Waals surface area contributed by atoms with Crippen LogP contribution in [0.4, 0.5) is 15.8 Å². The number of carbonyl (C=O) groups is 1. The molecule has 1 atom stereocenters. The predicted molar refractivity (Wildman–Crippen MR) is 103 cm³/mol. The third kappa shape index (κ3) is 5.28. The summed E-state index contributed by atoms with van der Waals surface area (Å²) in [6.07, 6.45) is 3.46. The van der Waals surface area contributed by atoms with E-state index in [2.05, 4.69) is 15.6 Å². The topological polar surface area (TPSA) is 63.2 Å². The van der Waals surface area contributed by atoms with Crippen LogP contribution >= 0.6 is 0 Å². The summed E-state index contributed by atoms with van der Waals surface area (Å²) in [5, 5.41) is 5.67. The molecule has 0 bridgehead atoms. The largest absolute Gasteiger partial charge is 0.489 e. The number of nitrogens with one attached hydrogen (secondary N) is 2. The van der Waals surface area contributed by atoms with E-state index in [0.29, 0.717) is 12.4 Å². The number of ether oxygens (including phenoxy) is 1. The van der Waals surface area contributed by atoms with Crippen LogP contribution in [0.15, 0.2) is 73.1 Å². The van der Waals surface area contributed by atoms with Crippen molar-refractivity contribution in [2.75, 3.05) is 10.6 Å². The summed E-state index contributed by atoms with van der Waals surface area (Å²) in [6.45, 7) is 2.11. The van der Waals surface area contributed by atoms with Crippen LogP contribution in [0, 0.1) is 5.82 Å². The number of hydrogen-bond donors (Lipinski definition) is 2. The van der Waals surface area contributed by atoms with Crippen molar-refractivity contribution in [1.82, 2.24) is 4.98 Å². The molecule has 1 heterocycles. The molecule has 6 heteroatoms. The highest BCUT2D eigenvalue weighted by molar-refractivity contribution is 5.96. The summed E-state index contributed by atoms with van der Waals surface area (Å²) in [7, 11) is 0. The Balaban J connectivity index is 1.58. The van der Waals surface area contributed by atoms with E-state index in [1.165, 1.54) is 12.1 Å². The number of halogens is 1. The van der Waals surface area contributed by atoms with Crippen molar-refractivity contribution in [3.63, 3.8) is 0 Å². The van der Waals surface area contributed by atoms with Crippen LogP contribution in [-0.4, -0.2) is 16.9 Å². The summed E-state index contributed by atoms with van der Waals surface area (Å²) in [5.41, 5.74) is 1.85. The second-order valence-electron chi connectivity index (χ2n) is 6.01. The first-order chi connectivity index (χ1) is 13.1. The van der Waals surface area contributed by atoms with E-state index >= 15 is 0 Å². The quantitative estimate of drug-likeness (QED) is 0.657. The summed E-state index contributed by atoms with van der Waals surface area (Å²) in [5.74, 6) is -0.129. The Labute approximate surface area is 157 Å². The fourth-order valence-corrected chi connectivity index (χ4v) is 2.44. The smallest absolute Gasteiger partial charge is 0.246 e. The summed E-state index contributed by atoms with van der Waals surface area (Å²) in [4.78, 5) is 16.3. The van der Waals surface area contributed by atoms with Crippen LogP contribution in [-0.2, 0) is 11.4 Å². The maximum Gasteiger partial charge on any atom is 0.246 e. The molecule has 0 fully saturated rings. The second-order valence-corrected chi connectivity index (χ2v) is 6.01. The van der Waals surface area contributed by atoms with E-state index in [4.69, 9.17) is 4.74 Å². The number of pyridine rings is 1. The van der Waals surface area contributed by atoms with Gasteiger partial charge in [-0.15, -0.1) is 0 Å². The first-order valence-corrected chi connectivity index (χ1v) is 8.55. The molecule has 0 saturated carbocycles. The molecule has 0 saturated heterocycles. The van der Waals surface area contributed by atoms with Crippen molar-refractivity contribution >= 4 is 17.3 Å². The number of anilines is 2. The Morgan fingerprint density at radius 3 is 2.78 bits per heavy atom. The Morgan fingerprint density at radius 1 is 1.15 bits per heavy atom. The first-order valence-electron chi connectivity index (χ1n) is 8.55. The standard InChI is InChI=1S/C21H20FN3O2/c1-15(21(26)25-20-10-3-2-9-19(20)22)24-17-7-4-8-18(12-17)27-14-16-6-5-11-23-13-16/h2-13,15,24H,14H2,1H3,(H,25,26)/t15-/m0/s1. The lowest BCUT2D eigenvalue weighted by molar-refractivity contribution is -0.116. The first kappa shape index (κ1) is 18.4. The molecule has 0 aliphatic rings. The van der Waals surface area contributed by atoms with Gasteiger partial charge in [0.25, 0.3) is 0 Å². The van der Waals surface area contributed by atoms with Gasteiger partial charge in [-0.1, -0.05) is 24.3 Å². The van der Waals surface area contributed by atoms with Crippen molar-refractivity contribution in [2.45, 2.75) is 19.6 Å². The van der Waals surface area contributed by atoms with Gasteiger partial charge in [0.2, 0.25) is 5.91 Å². The molecule has 0 unspecified atom stereocenters. The molecular formula is C21H20FN3O2. The third-order valence-electron chi connectivity index (χ3n) is 3.87. The minimum absolute atomic E-state index is 0.157. The molecule has 3 rings (SSSR count). The van der Waals surface area contributed by atoms with Crippen molar-refractivity contribution in [1.29, 1.82) is 0 Å². The predicted octanol–water partition coefficient (Wildman–Crippen LogP) is 4.24. The summed E-state index contributed by atoms with van der Waals surface area (Å²) >= 11 is 0. The van der Waals surface area contributed by atoms with Gasteiger partial charge in [0.05, 0.1) is 5.69 Å². The molecular weight excluding hydrogens is 345 g/mol. The minimum Gasteiger partial charge on any atom is -0.489 e. The molecule has 2 N–H and O–H groups in total. The minimum atomic E-state index is -0.557. The lowest BCUT2D eigenvalue weighted by atomic mass is 10.2. The van der Waals surface area contributed by atoms with Crippen LogP contribution in [0.1, 0.15) is 12.5 Å². The van der Waals surface area contributed by atoms with Crippen molar-refractivity contribution in [2.24, 2.45) is 0 Å². The van der Waals surface area contributed by atoms with Gasteiger partial charge in [0.1, 0.15) is 24.2 Å². The van der Waals surface area contributed by atoms with E-state index in [-0.39, 0.29) is 11.6 Å². The highest BCUT2D eigenvalue weighted by Crippen LogP contribution is 2.20. The lowest BCUT2D eigenvalue weighted by Gasteiger charge is -2.16. The maximum atomic E-state index is 13.7. The molecule has 2 aromatic carbocycles. The molecule has 1 amide bonds. The van der Waals surface area contributed by atoms with E-state index in [1.54, 1.807) is 31.5 Å². The van der Waals surface area contributed by atoms with Crippen LogP contribution in [0.2, 0.25) is 0 Å². The number of nitrogens with zero attached hydrogens (tertiary/aromatic N) is 1. The molecule has 1 aromatic heterocycles. The normalized spacial score (nSPS) is 11.5. The number of aromatic nitrogens is 1. The van der Waals surface area contributed by atoms with Gasteiger partial charge in [-0.3, -0.25) is 9.78 Å². The molecule has 5 nitrogen and oxygen atoms in total. The zero-order valence-corrected chi connectivity index (χ0v) is 14.9. The van der Waals surface area contributed by atoms with Crippen LogP contribution in [0.5, 0.6) is 5.75 Å². The van der Waals surface area contributed by atoms with Crippen molar-refractivity contribution in [3.05, 3.63) is 84.4 Å². The van der Waals surface area contributed by atoms with Gasteiger partial charge in [-0.2, -0.15) is 0 Å². The van der Waals surface area contributed by atoms with Crippen LogP contribution in [0.25, 0.3) is 0 Å². The van der Waals surface area contributed by atoms with Gasteiger partial charge < -0.3 is 15.4 Å².